The maximum atomic E-state index is 12.5. The van der Waals surface area contributed by atoms with E-state index in [1.165, 1.54) is 5.56 Å². The van der Waals surface area contributed by atoms with Crippen molar-refractivity contribution in [3.8, 4) is 0 Å². The number of carbonyl (C=O) groups excluding carboxylic acids is 2. The second-order valence-electron chi connectivity index (χ2n) is 6.05. The lowest BCUT2D eigenvalue weighted by Crippen LogP contribution is -2.59. The van der Waals surface area contributed by atoms with Gasteiger partial charge < -0.3 is 10.2 Å². The molecule has 1 saturated carbocycles. The Morgan fingerprint density at radius 2 is 1.80 bits per heavy atom. The molecule has 1 saturated heterocycles. The van der Waals surface area contributed by atoms with E-state index in [-0.39, 0.29) is 24.4 Å². The van der Waals surface area contributed by atoms with E-state index in [9.17, 15) is 9.59 Å². The van der Waals surface area contributed by atoms with Crippen LogP contribution in [0.1, 0.15) is 38.2 Å². The third kappa shape index (κ3) is 2.42. The number of benzene rings is 1. The van der Waals surface area contributed by atoms with Crippen molar-refractivity contribution in [2.45, 2.75) is 38.6 Å². The smallest absolute Gasteiger partial charge is 0.250 e. The van der Waals surface area contributed by atoms with Gasteiger partial charge in [-0.05, 0) is 42.4 Å². The van der Waals surface area contributed by atoms with E-state index < -0.39 is 0 Å². The number of anilines is 1. The van der Waals surface area contributed by atoms with Gasteiger partial charge in [0.1, 0.15) is 12.6 Å². The van der Waals surface area contributed by atoms with Crippen molar-refractivity contribution in [1.82, 2.24) is 5.32 Å². The maximum absolute atomic E-state index is 12.5. The summed E-state index contributed by atoms with van der Waals surface area (Å²) < 4.78 is 0. The summed E-state index contributed by atoms with van der Waals surface area (Å²) >= 11 is 0. The third-order valence-corrected chi connectivity index (χ3v) is 4.12. The molecule has 1 aromatic carbocycles. The largest absolute Gasteiger partial charge is 0.342 e. The van der Waals surface area contributed by atoms with Crippen molar-refractivity contribution in [3.63, 3.8) is 0 Å². The number of hydrogen-bond acceptors (Lipinski definition) is 2. The third-order valence-electron chi connectivity index (χ3n) is 4.12. The highest BCUT2D eigenvalue weighted by Gasteiger charge is 2.42. The summed E-state index contributed by atoms with van der Waals surface area (Å²) in [5, 5.41) is 2.83. The fourth-order valence-electron chi connectivity index (χ4n) is 2.68. The first-order chi connectivity index (χ1) is 9.56. The summed E-state index contributed by atoms with van der Waals surface area (Å²) in [7, 11) is 0. The van der Waals surface area contributed by atoms with E-state index in [1.54, 1.807) is 4.90 Å². The van der Waals surface area contributed by atoms with Gasteiger partial charge in [0.25, 0.3) is 0 Å². The molecule has 3 rings (SSSR count). The highest BCUT2D eigenvalue weighted by molar-refractivity contribution is 6.06. The minimum absolute atomic E-state index is 0.0318. The SMILES string of the molecule is CC(C)c1ccc(N2CC(=O)NC(C3CC3)C2=O)cc1. The van der Waals surface area contributed by atoms with E-state index in [1.807, 2.05) is 24.3 Å². The van der Waals surface area contributed by atoms with Crippen molar-refractivity contribution in [1.29, 1.82) is 0 Å². The molecule has 1 unspecified atom stereocenters. The first kappa shape index (κ1) is 13.2. The average molecular weight is 272 g/mol. The van der Waals surface area contributed by atoms with Crippen LogP contribution in [0.15, 0.2) is 24.3 Å². The van der Waals surface area contributed by atoms with Crippen LogP contribution in [-0.2, 0) is 9.59 Å². The Kier molecular flexibility index (Phi) is 3.24. The Balaban J connectivity index is 1.83. The molecule has 0 radical (unpaired) electrons. The van der Waals surface area contributed by atoms with Gasteiger partial charge in [-0.3, -0.25) is 9.59 Å². The molecule has 1 atom stereocenters. The van der Waals surface area contributed by atoms with E-state index in [0.717, 1.165) is 18.5 Å². The Hall–Kier alpha value is -1.84. The molecule has 106 valence electrons. The molecule has 1 N–H and O–H groups in total. The van der Waals surface area contributed by atoms with Crippen LogP contribution < -0.4 is 10.2 Å². The number of nitrogens with one attached hydrogen (secondary N) is 1. The van der Waals surface area contributed by atoms with Crippen molar-refractivity contribution in [3.05, 3.63) is 29.8 Å². The van der Waals surface area contributed by atoms with Gasteiger partial charge in [0.2, 0.25) is 11.8 Å². The van der Waals surface area contributed by atoms with Crippen LogP contribution in [0.2, 0.25) is 0 Å². The maximum Gasteiger partial charge on any atom is 0.250 e. The second kappa shape index (κ2) is 4.93. The Morgan fingerprint density at radius 1 is 1.15 bits per heavy atom. The van der Waals surface area contributed by atoms with Crippen molar-refractivity contribution in [2.24, 2.45) is 5.92 Å². The standard InChI is InChI=1S/C16H20N2O2/c1-10(2)11-5-7-13(8-6-11)18-9-14(19)17-15(16(18)20)12-3-4-12/h5-8,10,12,15H,3-4,9H2,1-2H3,(H,17,19). The summed E-state index contributed by atoms with van der Waals surface area (Å²) in [6.45, 7) is 4.40. The molecule has 2 amide bonds. The highest BCUT2D eigenvalue weighted by Crippen LogP contribution is 2.35. The van der Waals surface area contributed by atoms with Crippen molar-refractivity contribution >= 4 is 17.5 Å². The number of hydrogen-bond donors (Lipinski definition) is 1. The summed E-state index contributed by atoms with van der Waals surface area (Å²) in [4.78, 5) is 25.9. The van der Waals surface area contributed by atoms with Gasteiger partial charge in [0.15, 0.2) is 0 Å². The number of nitrogens with zero attached hydrogens (tertiary/aromatic N) is 1. The normalized spacial score (nSPS) is 23.1. The fraction of sp³-hybridized carbons (Fsp3) is 0.500. The molecule has 1 aromatic rings. The lowest BCUT2D eigenvalue weighted by Gasteiger charge is -2.32. The number of piperazine rings is 1. The monoisotopic (exact) mass is 272 g/mol. The first-order valence-electron chi connectivity index (χ1n) is 7.27. The van der Waals surface area contributed by atoms with Crippen LogP contribution in [0.4, 0.5) is 5.69 Å². The Morgan fingerprint density at radius 3 is 2.35 bits per heavy atom. The van der Waals surface area contributed by atoms with Gasteiger partial charge in [-0.15, -0.1) is 0 Å². The molecule has 1 heterocycles. The topological polar surface area (TPSA) is 49.4 Å². The molecule has 1 aliphatic carbocycles. The molecule has 1 aliphatic heterocycles. The Bertz CT molecular complexity index is 532. The zero-order valence-electron chi connectivity index (χ0n) is 11.9. The quantitative estimate of drug-likeness (QED) is 0.915. The summed E-state index contributed by atoms with van der Waals surface area (Å²) in [5.41, 5.74) is 2.06. The van der Waals surface area contributed by atoms with E-state index in [0.29, 0.717) is 11.8 Å². The van der Waals surface area contributed by atoms with E-state index in [2.05, 4.69) is 19.2 Å². The van der Waals surface area contributed by atoms with Crippen molar-refractivity contribution < 1.29 is 9.59 Å². The lowest BCUT2D eigenvalue weighted by atomic mass is 10.0. The van der Waals surface area contributed by atoms with Crippen LogP contribution in [0.3, 0.4) is 0 Å². The first-order valence-corrected chi connectivity index (χ1v) is 7.27. The van der Waals surface area contributed by atoms with Crippen LogP contribution in [-0.4, -0.2) is 24.4 Å². The molecule has 20 heavy (non-hydrogen) atoms. The van der Waals surface area contributed by atoms with Gasteiger partial charge in [-0.2, -0.15) is 0 Å². The van der Waals surface area contributed by atoms with Gasteiger partial charge >= 0.3 is 0 Å². The molecule has 0 bridgehead atoms. The van der Waals surface area contributed by atoms with Gasteiger partial charge in [0.05, 0.1) is 0 Å². The minimum atomic E-state index is -0.318. The van der Waals surface area contributed by atoms with Gasteiger partial charge in [-0.25, -0.2) is 0 Å². The number of rotatable bonds is 3. The van der Waals surface area contributed by atoms with E-state index >= 15 is 0 Å². The zero-order valence-corrected chi connectivity index (χ0v) is 11.9. The molecule has 0 spiro atoms. The molecule has 4 heteroatoms. The molecule has 2 fully saturated rings. The van der Waals surface area contributed by atoms with Gasteiger partial charge in [-0.1, -0.05) is 26.0 Å². The van der Waals surface area contributed by atoms with Crippen LogP contribution >= 0.6 is 0 Å². The van der Waals surface area contributed by atoms with Crippen LogP contribution in [0.5, 0.6) is 0 Å². The van der Waals surface area contributed by atoms with Gasteiger partial charge in [0, 0.05) is 5.69 Å². The zero-order chi connectivity index (χ0) is 14.3. The van der Waals surface area contributed by atoms with Crippen LogP contribution in [0, 0.1) is 5.92 Å². The molecule has 4 nitrogen and oxygen atoms in total. The second-order valence-corrected chi connectivity index (χ2v) is 6.05. The summed E-state index contributed by atoms with van der Waals surface area (Å²) in [5.74, 6) is 0.770. The molecular formula is C16H20N2O2. The molecule has 0 aromatic heterocycles. The number of carbonyl (C=O) groups is 2. The lowest BCUT2D eigenvalue weighted by molar-refractivity contribution is -0.131. The average Bonchev–Trinajstić information content (AvgIpc) is 3.25. The fourth-order valence-corrected chi connectivity index (χ4v) is 2.68. The predicted octanol–water partition coefficient (Wildman–Crippen LogP) is 2.05. The van der Waals surface area contributed by atoms with E-state index in [4.69, 9.17) is 0 Å². The highest BCUT2D eigenvalue weighted by atomic mass is 16.2. The van der Waals surface area contributed by atoms with Crippen molar-refractivity contribution in [2.75, 3.05) is 11.4 Å². The summed E-state index contributed by atoms with van der Waals surface area (Å²) in [6, 6.07) is 7.63. The number of amides is 2. The molecular weight excluding hydrogens is 252 g/mol. The predicted molar refractivity (Wildman–Crippen MR) is 77.5 cm³/mol. The Labute approximate surface area is 119 Å². The minimum Gasteiger partial charge on any atom is -0.342 e. The summed E-state index contributed by atoms with van der Waals surface area (Å²) in [6.07, 6.45) is 2.08. The molecule has 2 aliphatic rings. The van der Waals surface area contributed by atoms with Crippen LogP contribution in [0.25, 0.3) is 0 Å².